The molecule has 2 saturated heterocycles. The Kier molecular flexibility index (Phi) is 37.7. The molecule has 0 aromatic carbocycles. The first-order chi connectivity index (χ1) is 33.1. The van der Waals surface area contributed by atoms with Crippen LogP contribution in [0.2, 0.25) is 0 Å². The molecule has 12 unspecified atom stereocenters. The van der Waals surface area contributed by atoms with Gasteiger partial charge in [0.25, 0.3) is 0 Å². The molecular formula is C54H101NO13. The Hall–Kier alpha value is -1.53. The molecule has 0 spiro atoms. The molecule has 2 heterocycles. The number of carbonyl (C=O) groups excluding carboxylic acids is 1. The van der Waals surface area contributed by atoms with Crippen molar-refractivity contribution in [2.75, 3.05) is 19.8 Å². The Bertz CT molecular complexity index is 1240. The third-order valence-corrected chi connectivity index (χ3v) is 13.6. The molecule has 14 heteroatoms. The summed E-state index contributed by atoms with van der Waals surface area (Å²) in [4.78, 5) is 12.9. The van der Waals surface area contributed by atoms with Crippen molar-refractivity contribution < 1.29 is 64.6 Å². The largest absolute Gasteiger partial charge is 0.394 e. The average Bonchev–Trinajstić information content (AvgIpc) is 3.34. The third-order valence-electron chi connectivity index (χ3n) is 13.6. The molecule has 2 rings (SSSR count). The van der Waals surface area contributed by atoms with Crippen molar-refractivity contribution in [2.24, 2.45) is 0 Å². The van der Waals surface area contributed by atoms with Crippen LogP contribution in [-0.4, -0.2) is 140 Å². The van der Waals surface area contributed by atoms with Crippen LogP contribution in [0.15, 0.2) is 24.3 Å². The number of allylic oxidation sites excluding steroid dienone is 3. The maximum atomic E-state index is 12.9. The van der Waals surface area contributed by atoms with Gasteiger partial charge < -0.3 is 65.1 Å². The number of unbranched alkanes of at least 4 members (excludes halogenated alkanes) is 28. The Balaban J connectivity index is 1.61. The number of ether oxygens (including phenoxy) is 4. The summed E-state index contributed by atoms with van der Waals surface area (Å²) in [5.41, 5.74) is 0. The molecular weight excluding hydrogens is 871 g/mol. The summed E-state index contributed by atoms with van der Waals surface area (Å²) < 4.78 is 22.5. The molecule has 0 aliphatic carbocycles. The fraction of sp³-hybridized carbons (Fsp3) is 0.907. The van der Waals surface area contributed by atoms with E-state index < -0.39 is 86.8 Å². The number of aliphatic hydroxyl groups excluding tert-OH is 8. The SMILES string of the molecule is CCCCCCCCCCCCCCCCCCCCCCCCCC/C=C/CC/C=C/C(O)C(COC1OC(CO)C(OC2OC(CO)C(O)C(O)C2O)C(O)C1O)NC(=O)CCCCCC. The lowest BCUT2D eigenvalue weighted by Crippen LogP contribution is -2.65. The summed E-state index contributed by atoms with van der Waals surface area (Å²) in [7, 11) is 0. The summed E-state index contributed by atoms with van der Waals surface area (Å²) in [5.74, 6) is -0.266. The van der Waals surface area contributed by atoms with E-state index in [2.05, 4.69) is 31.3 Å². The summed E-state index contributed by atoms with van der Waals surface area (Å²) in [6.07, 6.45) is 30.5. The first-order valence-corrected chi connectivity index (χ1v) is 27.6. The number of aliphatic hydroxyl groups is 8. The fourth-order valence-electron chi connectivity index (χ4n) is 9.13. The van der Waals surface area contributed by atoms with Crippen molar-refractivity contribution in [1.29, 1.82) is 0 Å². The highest BCUT2D eigenvalue weighted by molar-refractivity contribution is 5.76. The summed E-state index contributed by atoms with van der Waals surface area (Å²) >= 11 is 0. The van der Waals surface area contributed by atoms with Crippen LogP contribution in [0.5, 0.6) is 0 Å². The van der Waals surface area contributed by atoms with E-state index in [1.165, 1.54) is 154 Å². The van der Waals surface area contributed by atoms with Gasteiger partial charge in [-0.2, -0.15) is 0 Å². The average molecular weight is 972 g/mol. The monoisotopic (exact) mass is 972 g/mol. The minimum atomic E-state index is -1.79. The number of rotatable bonds is 43. The van der Waals surface area contributed by atoms with E-state index in [0.717, 1.165) is 32.1 Å². The predicted octanol–water partition coefficient (Wildman–Crippen LogP) is 8.11. The van der Waals surface area contributed by atoms with Crippen LogP contribution >= 0.6 is 0 Å². The van der Waals surface area contributed by atoms with Gasteiger partial charge in [-0.3, -0.25) is 4.79 Å². The van der Waals surface area contributed by atoms with Crippen LogP contribution < -0.4 is 5.32 Å². The highest BCUT2D eigenvalue weighted by atomic mass is 16.7. The summed E-state index contributed by atoms with van der Waals surface area (Å²) in [5, 5.41) is 86.2. The van der Waals surface area contributed by atoms with E-state index >= 15 is 0 Å². The standard InChI is InChI=1S/C54H101NO13/c1-3-5-7-9-10-11-12-13-14-15-16-17-18-19-20-21-22-23-24-25-26-27-28-29-30-31-32-33-34-35-37-43(58)42(55-46(59)38-36-8-6-4-2)41-65-53-51(64)49(62)52(45(40-57)67-53)68-54-50(63)48(61)47(60)44(39-56)66-54/h31-32,35,37,42-45,47-54,56-58,60-64H,3-30,33-34,36,38-41H2,1-2H3,(H,55,59)/b32-31+,37-35+. The molecule has 2 aliphatic heterocycles. The molecule has 9 N–H and O–H groups in total. The maximum Gasteiger partial charge on any atom is 0.220 e. The van der Waals surface area contributed by atoms with E-state index in [-0.39, 0.29) is 18.9 Å². The van der Waals surface area contributed by atoms with Gasteiger partial charge >= 0.3 is 0 Å². The van der Waals surface area contributed by atoms with Crippen LogP contribution in [0.4, 0.5) is 0 Å². The number of nitrogens with one attached hydrogen (secondary N) is 1. The molecule has 0 aromatic heterocycles. The Morgan fingerprint density at radius 1 is 0.515 bits per heavy atom. The normalized spacial score (nSPS) is 26.5. The van der Waals surface area contributed by atoms with Crippen molar-refractivity contribution in [1.82, 2.24) is 5.32 Å². The van der Waals surface area contributed by atoms with Gasteiger partial charge in [-0.1, -0.05) is 205 Å². The lowest BCUT2D eigenvalue weighted by Gasteiger charge is -2.46. The summed E-state index contributed by atoms with van der Waals surface area (Å²) in [6, 6.07) is -0.923. The topological polar surface area (TPSA) is 228 Å². The van der Waals surface area contributed by atoms with Gasteiger partial charge in [0.1, 0.15) is 48.8 Å². The molecule has 2 fully saturated rings. The van der Waals surface area contributed by atoms with Gasteiger partial charge in [0.05, 0.1) is 32.0 Å². The molecule has 400 valence electrons. The van der Waals surface area contributed by atoms with Crippen molar-refractivity contribution >= 4 is 5.91 Å². The van der Waals surface area contributed by atoms with Crippen LogP contribution in [0.1, 0.15) is 219 Å². The molecule has 1 amide bonds. The van der Waals surface area contributed by atoms with Gasteiger partial charge in [-0.15, -0.1) is 0 Å². The van der Waals surface area contributed by atoms with Crippen molar-refractivity contribution in [3.8, 4) is 0 Å². The third kappa shape index (κ3) is 27.3. The van der Waals surface area contributed by atoms with E-state index in [4.69, 9.17) is 18.9 Å². The molecule has 68 heavy (non-hydrogen) atoms. The van der Waals surface area contributed by atoms with Crippen LogP contribution in [0.3, 0.4) is 0 Å². The number of hydrogen-bond donors (Lipinski definition) is 9. The fourth-order valence-corrected chi connectivity index (χ4v) is 9.13. The van der Waals surface area contributed by atoms with Gasteiger partial charge in [0, 0.05) is 6.42 Å². The molecule has 0 aromatic rings. The Morgan fingerprint density at radius 3 is 1.44 bits per heavy atom. The van der Waals surface area contributed by atoms with E-state index in [1.54, 1.807) is 6.08 Å². The van der Waals surface area contributed by atoms with Crippen molar-refractivity contribution in [3.05, 3.63) is 24.3 Å². The highest BCUT2D eigenvalue weighted by Gasteiger charge is 2.51. The molecule has 0 radical (unpaired) electrons. The molecule has 0 bridgehead atoms. The van der Waals surface area contributed by atoms with E-state index in [0.29, 0.717) is 12.8 Å². The quantitative estimate of drug-likeness (QED) is 0.0208. The zero-order chi connectivity index (χ0) is 49.6. The maximum absolute atomic E-state index is 12.9. The molecule has 12 atom stereocenters. The smallest absolute Gasteiger partial charge is 0.220 e. The van der Waals surface area contributed by atoms with Gasteiger partial charge in [0.2, 0.25) is 5.91 Å². The first-order valence-electron chi connectivity index (χ1n) is 27.6. The van der Waals surface area contributed by atoms with Crippen LogP contribution in [0, 0.1) is 0 Å². The van der Waals surface area contributed by atoms with Gasteiger partial charge in [-0.25, -0.2) is 0 Å². The minimum Gasteiger partial charge on any atom is -0.394 e. The molecule has 0 saturated carbocycles. The molecule has 2 aliphatic rings. The van der Waals surface area contributed by atoms with Gasteiger partial charge in [0.15, 0.2) is 12.6 Å². The zero-order valence-electron chi connectivity index (χ0n) is 42.6. The second-order valence-electron chi connectivity index (χ2n) is 19.7. The first kappa shape index (κ1) is 62.6. The zero-order valence-corrected chi connectivity index (χ0v) is 42.6. The second kappa shape index (κ2) is 41.0. The van der Waals surface area contributed by atoms with Crippen LogP contribution in [-0.2, 0) is 23.7 Å². The number of carbonyl (C=O) groups is 1. The van der Waals surface area contributed by atoms with Crippen molar-refractivity contribution in [2.45, 2.75) is 293 Å². The van der Waals surface area contributed by atoms with E-state index in [9.17, 15) is 45.6 Å². The number of amides is 1. The second-order valence-corrected chi connectivity index (χ2v) is 19.7. The summed E-state index contributed by atoms with van der Waals surface area (Å²) in [6.45, 7) is 2.64. The van der Waals surface area contributed by atoms with E-state index in [1.807, 2.05) is 6.08 Å². The Labute approximate surface area is 411 Å². The number of hydrogen-bond acceptors (Lipinski definition) is 13. The Morgan fingerprint density at radius 2 is 0.941 bits per heavy atom. The highest BCUT2D eigenvalue weighted by Crippen LogP contribution is 2.30. The predicted molar refractivity (Wildman–Crippen MR) is 268 cm³/mol. The van der Waals surface area contributed by atoms with Gasteiger partial charge in [-0.05, 0) is 32.1 Å². The van der Waals surface area contributed by atoms with Crippen molar-refractivity contribution in [3.63, 3.8) is 0 Å². The minimum absolute atomic E-state index is 0.266. The lowest BCUT2D eigenvalue weighted by atomic mass is 9.97. The lowest BCUT2D eigenvalue weighted by molar-refractivity contribution is -0.359. The van der Waals surface area contributed by atoms with Crippen LogP contribution in [0.25, 0.3) is 0 Å². The molecule has 14 nitrogen and oxygen atoms in total.